The highest BCUT2D eigenvalue weighted by molar-refractivity contribution is 5.29. The zero-order chi connectivity index (χ0) is 17.7. The summed E-state index contributed by atoms with van der Waals surface area (Å²) in [6.45, 7) is 0.0743. The molecule has 0 heterocycles. The van der Waals surface area contributed by atoms with E-state index in [1.54, 1.807) is 0 Å². The van der Waals surface area contributed by atoms with Gasteiger partial charge in [-0.2, -0.15) is 22.0 Å². The van der Waals surface area contributed by atoms with E-state index in [4.69, 9.17) is 0 Å². The largest absolute Gasteiger partial charge is 0.453 e. The lowest BCUT2D eigenvalue weighted by atomic mass is 9.88. The normalized spacial score (nSPS) is 15.8. The molecule has 1 unspecified atom stereocenters. The van der Waals surface area contributed by atoms with Gasteiger partial charge in [-0.25, -0.2) is 22.0 Å². The van der Waals surface area contributed by atoms with Gasteiger partial charge >= 0.3 is 12.1 Å². The second-order valence-electron chi connectivity index (χ2n) is 4.60. The molecule has 1 atom stereocenters. The minimum absolute atomic E-state index is 0.0743. The minimum atomic E-state index is -6.19. The van der Waals surface area contributed by atoms with Crippen molar-refractivity contribution in [2.75, 3.05) is 0 Å². The minimum Gasteiger partial charge on any atom is -0.385 e. The molecule has 0 aliphatic heterocycles. The summed E-state index contributed by atoms with van der Waals surface area (Å²) in [7, 11) is 0. The Morgan fingerprint density at radius 3 is 1.36 bits per heavy atom. The standard InChI is InChI=1S/C11H6F10O/c1-9(22,2-10(17,18)11(19,20)21)3-4(12)6(14)8(16)7(15)5(3)13/h22H,2H2,1H3. The van der Waals surface area contributed by atoms with E-state index in [2.05, 4.69) is 0 Å². The van der Waals surface area contributed by atoms with Gasteiger partial charge in [-0.15, -0.1) is 0 Å². The van der Waals surface area contributed by atoms with Crippen molar-refractivity contribution in [1.82, 2.24) is 0 Å². The summed E-state index contributed by atoms with van der Waals surface area (Å²) in [6.07, 6.45) is -8.83. The molecule has 0 aromatic heterocycles. The first-order valence-corrected chi connectivity index (χ1v) is 5.32. The maximum absolute atomic E-state index is 13.4. The van der Waals surface area contributed by atoms with Crippen LogP contribution in [0, 0.1) is 29.1 Å². The Balaban J connectivity index is 3.48. The fourth-order valence-electron chi connectivity index (χ4n) is 1.70. The molecule has 1 rings (SSSR count). The summed E-state index contributed by atoms with van der Waals surface area (Å²) in [6, 6.07) is 0. The number of rotatable bonds is 3. The van der Waals surface area contributed by atoms with E-state index in [0.29, 0.717) is 0 Å². The summed E-state index contributed by atoms with van der Waals surface area (Å²) >= 11 is 0. The SMILES string of the molecule is CC(O)(CC(F)(F)C(F)(F)F)c1c(F)c(F)c(F)c(F)c1F. The van der Waals surface area contributed by atoms with Crippen molar-refractivity contribution in [3.8, 4) is 0 Å². The number of alkyl halides is 5. The topological polar surface area (TPSA) is 20.2 Å². The molecule has 11 heteroatoms. The summed E-state index contributed by atoms with van der Waals surface area (Å²) in [5.74, 6) is -18.8. The predicted molar refractivity (Wildman–Crippen MR) is 51.4 cm³/mol. The number of hydrogen-bond donors (Lipinski definition) is 1. The Hall–Kier alpha value is -1.52. The van der Waals surface area contributed by atoms with Crippen LogP contribution in [-0.4, -0.2) is 17.2 Å². The van der Waals surface area contributed by atoms with Gasteiger partial charge < -0.3 is 5.11 Å². The Labute approximate surface area is 116 Å². The van der Waals surface area contributed by atoms with Crippen LogP contribution in [0.4, 0.5) is 43.9 Å². The number of benzene rings is 1. The van der Waals surface area contributed by atoms with E-state index in [0.717, 1.165) is 0 Å². The van der Waals surface area contributed by atoms with Crippen LogP contribution in [0.25, 0.3) is 0 Å². The van der Waals surface area contributed by atoms with Crippen molar-refractivity contribution < 1.29 is 49.0 Å². The van der Waals surface area contributed by atoms with Crippen molar-refractivity contribution in [2.45, 2.75) is 31.0 Å². The van der Waals surface area contributed by atoms with E-state index in [9.17, 15) is 49.0 Å². The fourth-order valence-corrected chi connectivity index (χ4v) is 1.70. The van der Waals surface area contributed by atoms with Crippen LogP contribution < -0.4 is 0 Å². The fraction of sp³-hybridized carbons (Fsp3) is 0.455. The van der Waals surface area contributed by atoms with Gasteiger partial charge in [0.15, 0.2) is 23.3 Å². The van der Waals surface area contributed by atoms with Gasteiger partial charge in [0.25, 0.3) is 0 Å². The van der Waals surface area contributed by atoms with Crippen LogP contribution in [0.5, 0.6) is 0 Å². The molecule has 1 aromatic carbocycles. The molecule has 22 heavy (non-hydrogen) atoms. The van der Waals surface area contributed by atoms with Crippen molar-refractivity contribution in [2.24, 2.45) is 0 Å². The average Bonchev–Trinajstić information content (AvgIpc) is 2.31. The lowest BCUT2D eigenvalue weighted by Crippen LogP contribution is -2.43. The van der Waals surface area contributed by atoms with E-state index in [-0.39, 0.29) is 6.92 Å². The molecule has 0 spiro atoms. The van der Waals surface area contributed by atoms with Crippen LogP contribution in [0.15, 0.2) is 0 Å². The van der Waals surface area contributed by atoms with Crippen LogP contribution in [0.3, 0.4) is 0 Å². The summed E-state index contributed by atoms with van der Waals surface area (Å²) in [5.41, 5.74) is -5.85. The molecule has 0 aliphatic rings. The van der Waals surface area contributed by atoms with Crippen molar-refractivity contribution in [1.29, 1.82) is 0 Å². The highest BCUT2D eigenvalue weighted by Gasteiger charge is 2.60. The van der Waals surface area contributed by atoms with E-state index in [1.807, 2.05) is 0 Å². The zero-order valence-corrected chi connectivity index (χ0v) is 10.4. The zero-order valence-electron chi connectivity index (χ0n) is 10.4. The molecule has 1 nitrogen and oxygen atoms in total. The lowest BCUT2D eigenvalue weighted by Gasteiger charge is -2.30. The van der Waals surface area contributed by atoms with Gasteiger partial charge in [0.05, 0.1) is 17.6 Å². The molecule has 0 saturated heterocycles. The first kappa shape index (κ1) is 18.5. The Morgan fingerprint density at radius 2 is 1.05 bits per heavy atom. The highest BCUT2D eigenvalue weighted by atomic mass is 19.4. The van der Waals surface area contributed by atoms with Crippen LogP contribution in [-0.2, 0) is 5.60 Å². The molecule has 0 fully saturated rings. The second kappa shape index (κ2) is 5.28. The maximum Gasteiger partial charge on any atom is 0.453 e. The molecule has 0 radical (unpaired) electrons. The van der Waals surface area contributed by atoms with Crippen LogP contribution in [0.1, 0.15) is 18.9 Å². The molecule has 1 N–H and O–H groups in total. The molecular formula is C11H6F10O. The van der Waals surface area contributed by atoms with Gasteiger partial charge in [0, 0.05) is 0 Å². The third kappa shape index (κ3) is 2.99. The molecule has 0 aliphatic carbocycles. The predicted octanol–water partition coefficient (Wildman–Crippen LogP) is 4.18. The molecule has 0 saturated carbocycles. The number of halogens is 10. The van der Waals surface area contributed by atoms with Gasteiger partial charge in [0.1, 0.15) is 0 Å². The first-order chi connectivity index (χ1) is 9.63. The Kier molecular flexibility index (Phi) is 4.45. The average molecular weight is 344 g/mol. The summed E-state index contributed by atoms with van der Waals surface area (Å²) in [4.78, 5) is 0. The lowest BCUT2D eigenvalue weighted by molar-refractivity contribution is -0.297. The molecule has 0 amide bonds. The first-order valence-electron chi connectivity index (χ1n) is 5.32. The summed E-state index contributed by atoms with van der Waals surface area (Å²) < 4.78 is 127. The van der Waals surface area contributed by atoms with E-state index < -0.39 is 58.8 Å². The van der Waals surface area contributed by atoms with Crippen LogP contribution in [0.2, 0.25) is 0 Å². The van der Waals surface area contributed by atoms with E-state index in [1.165, 1.54) is 0 Å². The van der Waals surface area contributed by atoms with Gasteiger partial charge in [-0.05, 0) is 6.92 Å². The Morgan fingerprint density at radius 1 is 0.727 bits per heavy atom. The molecule has 1 aromatic rings. The van der Waals surface area contributed by atoms with E-state index >= 15 is 0 Å². The number of aliphatic hydroxyl groups is 1. The quantitative estimate of drug-likeness (QED) is 0.496. The monoisotopic (exact) mass is 344 g/mol. The van der Waals surface area contributed by atoms with Gasteiger partial charge in [0.2, 0.25) is 5.82 Å². The smallest absolute Gasteiger partial charge is 0.385 e. The molecule has 0 bridgehead atoms. The second-order valence-corrected chi connectivity index (χ2v) is 4.60. The number of hydrogen-bond acceptors (Lipinski definition) is 1. The highest BCUT2D eigenvalue weighted by Crippen LogP contribution is 2.45. The van der Waals surface area contributed by atoms with Crippen LogP contribution >= 0.6 is 0 Å². The Bertz CT molecular complexity index is 561. The molecular weight excluding hydrogens is 338 g/mol. The summed E-state index contributed by atoms with van der Waals surface area (Å²) in [5, 5.41) is 9.47. The van der Waals surface area contributed by atoms with Crippen molar-refractivity contribution in [3.63, 3.8) is 0 Å². The maximum atomic E-state index is 13.4. The van der Waals surface area contributed by atoms with Gasteiger partial charge in [-0.3, -0.25) is 0 Å². The van der Waals surface area contributed by atoms with Crippen molar-refractivity contribution in [3.05, 3.63) is 34.6 Å². The van der Waals surface area contributed by atoms with Crippen molar-refractivity contribution >= 4 is 0 Å². The molecule has 126 valence electrons. The third-order valence-corrected chi connectivity index (χ3v) is 2.73. The van der Waals surface area contributed by atoms with Gasteiger partial charge in [-0.1, -0.05) is 0 Å². The third-order valence-electron chi connectivity index (χ3n) is 2.73.